The van der Waals surface area contributed by atoms with Crippen LogP contribution in [0.4, 0.5) is 4.79 Å². The van der Waals surface area contributed by atoms with Gasteiger partial charge in [0.1, 0.15) is 4.83 Å². The van der Waals surface area contributed by atoms with E-state index in [-0.39, 0.29) is 11.3 Å². The van der Waals surface area contributed by atoms with Gasteiger partial charge in [-0.25, -0.2) is 9.78 Å². The van der Waals surface area contributed by atoms with Gasteiger partial charge in [0.25, 0.3) is 5.56 Å². The molecule has 1 aliphatic carbocycles. The van der Waals surface area contributed by atoms with Gasteiger partial charge in [-0.3, -0.25) is 19.5 Å². The monoisotopic (exact) mass is 400 g/mol. The van der Waals surface area contributed by atoms with E-state index in [9.17, 15) is 14.4 Å². The lowest BCUT2D eigenvalue weighted by molar-refractivity contribution is -0.117. The number of para-hydroxylation sites is 1. The zero-order chi connectivity index (χ0) is 19.0. The van der Waals surface area contributed by atoms with Crippen molar-refractivity contribution in [2.75, 3.05) is 5.75 Å². The number of thiophene rings is 1. The van der Waals surface area contributed by atoms with Crippen LogP contribution in [-0.2, 0) is 17.6 Å². The summed E-state index contributed by atoms with van der Waals surface area (Å²) in [6.07, 6.45) is 2.94. The quantitative estimate of drug-likeness (QED) is 0.516. The maximum atomic E-state index is 13.3. The summed E-state index contributed by atoms with van der Waals surface area (Å²) in [6.45, 7) is 0. The molecule has 27 heavy (non-hydrogen) atoms. The maximum Gasteiger partial charge on any atom is 0.318 e. The van der Waals surface area contributed by atoms with Crippen molar-refractivity contribution in [2.45, 2.75) is 24.4 Å². The van der Waals surface area contributed by atoms with Crippen molar-refractivity contribution in [1.82, 2.24) is 14.9 Å². The molecular formula is C18H16N4O3S2. The number of rotatable bonds is 4. The number of nitrogens with one attached hydrogen (secondary N) is 1. The SMILES string of the molecule is NC(=O)NC(=O)CSc1nc2sc3c(c2c(=O)n1-c1ccccc1)CCC3. The van der Waals surface area contributed by atoms with Crippen LogP contribution in [0.2, 0.25) is 0 Å². The molecule has 3 N–H and O–H groups in total. The number of imide groups is 1. The molecule has 0 aliphatic heterocycles. The maximum absolute atomic E-state index is 13.3. The van der Waals surface area contributed by atoms with Gasteiger partial charge in [0.15, 0.2) is 5.16 Å². The van der Waals surface area contributed by atoms with Crippen LogP contribution in [0, 0.1) is 0 Å². The van der Waals surface area contributed by atoms with E-state index < -0.39 is 11.9 Å². The lowest BCUT2D eigenvalue weighted by Crippen LogP contribution is -2.36. The molecular weight excluding hydrogens is 384 g/mol. The zero-order valence-corrected chi connectivity index (χ0v) is 15.9. The number of aromatic nitrogens is 2. The van der Waals surface area contributed by atoms with Crippen molar-refractivity contribution in [2.24, 2.45) is 5.73 Å². The van der Waals surface area contributed by atoms with Gasteiger partial charge >= 0.3 is 6.03 Å². The molecule has 0 unspecified atom stereocenters. The summed E-state index contributed by atoms with van der Waals surface area (Å²) in [7, 11) is 0. The number of hydrogen-bond acceptors (Lipinski definition) is 6. The Labute approximate surface area is 162 Å². The molecule has 2 aromatic heterocycles. The fourth-order valence-corrected chi connectivity index (χ4v) is 5.35. The summed E-state index contributed by atoms with van der Waals surface area (Å²) in [4.78, 5) is 42.6. The van der Waals surface area contributed by atoms with Crippen LogP contribution < -0.4 is 16.6 Å². The second kappa shape index (κ2) is 7.16. The number of nitrogens with two attached hydrogens (primary N) is 1. The van der Waals surface area contributed by atoms with E-state index in [0.29, 0.717) is 21.1 Å². The van der Waals surface area contributed by atoms with Gasteiger partial charge in [0.2, 0.25) is 5.91 Å². The Hall–Kier alpha value is -2.65. The van der Waals surface area contributed by atoms with Gasteiger partial charge < -0.3 is 5.73 Å². The minimum absolute atomic E-state index is 0.0706. The first kappa shape index (κ1) is 17.7. The van der Waals surface area contributed by atoms with Crippen LogP contribution >= 0.6 is 23.1 Å². The average molecular weight is 400 g/mol. The summed E-state index contributed by atoms with van der Waals surface area (Å²) in [5.74, 6) is -0.603. The molecule has 0 radical (unpaired) electrons. The highest BCUT2D eigenvalue weighted by Crippen LogP contribution is 2.36. The first-order chi connectivity index (χ1) is 13.0. The first-order valence-corrected chi connectivity index (χ1v) is 10.2. The number of primary amides is 1. The number of carbonyl (C=O) groups excluding carboxylic acids is 2. The normalized spacial score (nSPS) is 12.9. The Balaban J connectivity index is 1.83. The van der Waals surface area contributed by atoms with Crippen LogP contribution in [0.3, 0.4) is 0 Å². The summed E-state index contributed by atoms with van der Waals surface area (Å²) in [5.41, 5.74) is 6.65. The topological polar surface area (TPSA) is 107 Å². The number of benzene rings is 1. The summed E-state index contributed by atoms with van der Waals surface area (Å²) >= 11 is 2.65. The third kappa shape index (κ3) is 3.35. The smallest absolute Gasteiger partial charge is 0.318 e. The number of amides is 3. The Morgan fingerprint density at radius 2 is 2.04 bits per heavy atom. The third-order valence-electron chi connectivity index (χ3n) is 4.32. The van der Waals surface area contributed by atoms with Crippen molar-refractivity contribution in [3.63, 3.8) is 0 Å². The Morgan fingerprint density at radius 3 is 2.78 bits per heavy atom. The van der Waals surface area contributed by atoms with Gasteiger partial charge in [-0.05, 0) is 37.0 Å². The predicted molar refractivity (Wildman–Crippen MR) is 106 cm³/mol. The molecule has 0 saturated carbocycles. The third-order valence-corrected chi connectivity index (χ3v) is 6.44. The van der Waals surface area contributed by atoms with Crippen LogP contribution in [0.5, 0.6) is 0 Å². The summed E-state index contributed by atoms with van der Waals surface area (Å²) in [6, 6.07) is 8.32. The van der Waals surface area contributed by atoms with E-state index in [1.807, 2.05) is 35.6 Å². The van der Waals surface area contributed by atoms with Crippen molar-refractivity contribution >= 4 is 45.3 Å². The number of hydrogen-bond donors (Lipinski definition) is 2. The number of nitrogens with zero attached hydrogens (tertiary/aromatic N) is 2. The second-order valence-corrected chi connectivity index (χ2v) is 8.14. The molecule has 4 rings (SSSR count). The van der Waals surface area contributed by atoms with Gasteiger partial charge in [-0.15, -0.1) is 11.3 Å². The Kier molecular flexibility index (Phi) is 4.71. The van der Waals surface area contributed by atoms with E-state index in [0.717, 1.165) is 36.6 Å². The molecule has 3 amide bonds. The molecule has 0 saturated heterocycles. The largest absolute Gasteiger partial charge is 0.351 e. The number of thioether (sulfide) groups is 1. The number of urea groups is 1. The van der Waals surface area contributed by atoms with Gasteiger partial charge in [0, 0.05) is 4.88 Å². The fourth-order valence-electron chi connectivity index (χ4n) is 3.23. The highest BCUT2D eigenvalue weighted by atomic mass is 32.2. The molecule has 3 aromatic rings. The lowest BCUT2D eigenvalue weighted by Gasteiger charge is -2.12. The lowest BCUT2D eigenvalue weighted by atomic mass is 10.2. The molecule has 0 spiro atoms. The molecule has 7 nitrogen and oxygen atoms in total. The molecule has 9 heteroatoms. The van der Waals surface area contributed by atoms with E-state index in [1.54, 1.807) is 11.3 Å². The van der Waals surface area contributed by atoms with E-state index in [2.05, 4.69) is 4.98 Å². The van der Waals surface area contributed by atoms with Gasteiger partial charge in [-0.2, -0.15) is 0 Å². The van der Waals surface area contributed by atoms with Gasteiger partial charge in [0.05, 0.1) is 16.8 Å². The second-order valence-electron chi connectivity index (χ2n) is 6.11. The minimum Gasteiger partial charge on any atom is -0.351 e. The van der Waals surface area contributed by atoms with Crippen molar-refractivity contribution in [3.05, 3.63) is 51.1 Å². The molecule has 0 bridgehead atoms. The average Bonchev–Trinajstić information content (AvgIpc) is 3.20. The van der Waals surface area contributed by atoms with Crippen LogP contribution in [-0.4, -0.2) is 27.2 Å². The predicted octanol–water partition coefficient (Wildman–Crippen LogP) is 2.22. The van der Waals surface area contributed by atoms with Crippen molar-refractivity contribution in [1.29, 1.82) is 0 Å². The first-order valence-electron chi connectivity index (χ1n) is 8.39. The highest BCUT2D eigenvalue weighted by molar-refractivity contribution is 7.99. The van der Waals surface area contributed by atoms with Crippen molar-refractivity contribution < 1.29 is 9.59 Å². The molecule has 1 aliphatic rings. The van der Waals surface area contributed by atoms with Gasteiger partial charge in [-0.1, -0.05) is 30.0 Å². The fraction of sp³-hybridized carbons (Fsp3) is 0.222. The number of aryl methyl sites for hydroxylation is 2. The van der Waals surface area contributed by atoms with E-state index in [1.165, 1.54) is 9.44 Å². The summed E-state index contributed by atoms with van der Waals surface area (Å²) in [5, 5.41) is 3.12. The van der Waals surface area contributed by atoms with E-state index >= 15 is 0 Å². The van der Waals surface area contributed by atoms with Crippen LogP contribution in [0.25, 0.3) is 15.9 Å². The minimum atomic E-state index is -0.904. The molecule has 0 atom stereocenters. The molecule has 0 fully saturated rings. The Bertz CT molecular complexity index is 1110. The van der Waals surface area contributed by atoms with Crippen LogP contribution in [0.15, 0.2) is 40.3 Å². The van der Waals surface area contributed by atoms with Crippen molar-refractivity contribution in [3.8, 4) is 5.69 Å². The Morgan fingerprint density at radius 1 is 1.26 bits per heavy atom. The number of fused-ring (bicyclic) bond motifs is 3. The number of carbonyl (C=O) groups is 2. The van der Waals surface area contributed by atoms with E-state index in [4.69, 9.17) is 5.73 Å². The highest BCUT2D eigenvalue weighted by Gasteiger charge is 2.24. The molecule has 1 aromatic carbocycles. The standard InChI is InChI=1S/C18H16N4O3S2/c19-17(25)20-13(23)9-26-18-21-15-14(11-7-4-8-12(11)27-15)16(24)22(18)10-5-2-1-3-6-10/h1-3,5-6H,4,7-9H2,(H3,19,20,23,25). The molecule has 2 heterocycles. The molecule has 138 valence electrons. The zero-order valence-electron chi connectivity index (χ0n) is 14.2. The summed E-state index contributed by atoms with van der Waals surface area (Å²) < 4.78 is 1.54. The van der Waals surface area contributed by atoms with Crippen LogP contribution in [0.1, 0.15) is 16.9 Å².